The molecule has 1 fully saturated rings. The van der Waals surface area contributed by atoms with Crippen LogP contribution in [0.5, 0.6) is 0 Å². The lowest BCUT2D eigenvalue weighted by Crippen LogP contribution is -2.45. The number of benzene rings is 1. The van der Waals surface area contributed by atoms with E-state index in [9.17, 15) is 14.4 Å². The van der Waals surface area contributed by atoms with Crippen LogP contribution in [0.15, 0.2) is 48.7 Å². The fourth-order valence-corrected chi connectivity index (χ4v) is 2.66. The maximum Gasteiger partial charge on any atom is 0.286 e. The summed E-state index contributed by atoms with van der Waals surface area (Å²) in [5.41, 5.74) is 6.09. The lowest BCUT2D eigenvalue weighted by atomic mass is 10.1. The molecule has 1 atom stereocenters. The fourth-order valence-electron chi connectivity index (χ4n) is 2.66. The molecule has 0 saturated carbocycles. The molecule has 1 saturated heterocycles. The van der Waals surface area contributed by atoms with Crippen LogP contribution in [0.1, 0.15) is 22.5 Å². The van der Waals surface area contributed by atoms with E-state index >= 15 is 0 Å². The first-order valence-electron chi connectivity index (χ1n) is 7.69. The van der Waals surface area contributed by atoms with Gasteiger partial charge in [0.1, 0.15) is 5.69 Å². The summed E-state index contributed by atoms with van der Waals surface area (Å²) in [6.07, 6.45) is 1.77. The van der Waals surface area contributed by atoms with Crippen molar-refractivity contribution < 1.29 is 14.4 Å². The number of hydrazine groups is 1. The Hall–Kier alpha value is -3.09. The predicted octanol–water partition coefficient (Wildman–Crippen LogP) is 0.824. The van der Waals surface area contributed by atoms with Gasteiger partial charge < -0.3 is 9.88 Å². The highest BCUT2D eigenvalue weighted by molar-refractivity contribution is 5.95. The van der Waals surface area contributed by atoms with E-state index in [2.05, 4.69) is 15.8 Å². The summed E-state index contributed by atoms with van der Waals surface area (Å²) in [6.45, 7) is 0.830. The lowest BCUT2D eigenvalue weighted by molar-refractivity contribution is -0.129. The molecule has 1 unspecified atom stereocenters. The molecule has 1 aromatic carbocycles. The van der Waals surface area contributed by atoms with Gasteiger partial charge in [-0.05, 0) is 17.7 Å². The van der Waals surface area contributed by atoms with Gasteiger partial charge in [-0.2, -0.15) is 0 Å². The Kier molecular flexibility index (Phi) is 4.60. The molecule has 3 N–H and O–H groups in total. The summed E-state index contributed by atoms with van der Waals surface area (Å²) in [4.78, 5) is 40.4. The van der Waals surface area contributed by atoms with Gasteiger partial charge in [0, 0.05) is 25.7 Å². The standard InChI is InChI=1S/C17H18N4O3/c22-15-9-13(11-21(15)10-12-5-2-1-3-6-12)16(23)19-20-17(24)14-7-4-8-18-14/h1-8,13,18H,9-11H2,(H,19,23)(H,20,24). The number of nitrogens with zero attached hydrogens (tertiary/aromatic N) is 1. The minimum atomic E-state index is -0.467. The molecule has 3 rings (SSSR count). The average Bonchev–Trinajstić information content (AvgIpc) is 3.24. The number of hydrogen-bond donors (Lipinski definition) is 3. The third kappa shape index (κ3) is 3.62. The van der Waals surface area contributed by atoms with Crippen LogP contribution in [-0.2, 0) is 16.1 Å². The number of amides is 3. The van der Waals surface area contributed by atoms with E-state index in [1.807, 2.05) is 30.3 Å². The zero-order valence-corrected chi connectivity index (χ0v) is 13.0. The van der Waals surface area contributed by atoms with E-state index in [-0.39, 0.29) is 18.2 Å². The summed E-state index contributed by atoms with van der Waals surface area (Å²) in [7, 11) is 0. The molecule has 3 amide bonds. The number of aromatic nitrogens is 1. The van der Waals surface area contributed by atoms with Crippen molar-refractivity contribution in [2.24, 2.45) is 5.92 Å². The zero-order chi connectivity index (χ0) is 16.9. The van der Waals surface area contributed by atoms with E-state index in [1.165, 1.54) is 0 Å². The first-order valence-corrected chi connectivity index (χ1v) is 7.69. The highest BCUT2D eigenvalue weighted by Crippen LogP contribution is 2.20. The quantitative estimate of drug-likeness (QED) is 0.726. The Morgan fingerprint density at radius 2 is 1.92 bits per heavy atom. The number of aromatic amines is 1. The molecule has 2 heterocycles. The predicted molar refractivity (Wildman–Crippen MR) is 86.4 cm³/mol. The molecular formula is C17H18N4O3. The molecule has 1 aromatic heterocycles. The second kappa shape index (κ2) is 6.99. The van der Waals surface area contributed by atoms with Crippen molar-refractivity contribution in [1.29, 1.82) is 0 Å². The molecular weight excluding hydrogens is 308 g/mol. The van der Waals surface area contributed by atoms with Gasteiger partial charge >= 0.3 is 0 Å². The Morgan fingerprint density at radius 3 is 2.62 bits per heavy atom. The van der Waals surface area contributed by atoms with Gasteiger partial charge in [0.2, 0.25) is 11.8 Å². The van der Waals surface area contributed by atoms with Crippen LogP contribution in [0.3, 0.4) is 0 Å². The summed E-state index contributed by atoms with van der Waals surface area (Å²) in [5, 5.41) is 0. The average molecular weight is 326 g/mol. The monoisotopic (exact) mass is 326 g/mol. The van der Waals surface area contributed by atoms with E-state index < -0.39 is 11.8 Å². The molecule has 0 radical (unpaired) electrons. The van der Waals surface area contributed by atoms with Crippen LogP contribution < -0.4 is 10.9 Å². The normalized spacial score (nSPS) is 16.9. The first-order chi connectivity index (χ1) is 11.6. The summed E-state index contributed by atoms with van der Waals surface area (Å²) in [5.74, 6) is -1.32. The van der Waals surface area contributed by atoms with Crippen LogP contribution in [0, 0.1) is 5.92 Å². The maximum absolute atomic E-state index is 12.1. The van der Waals surface area contributed by atoms with Gasteiger partial charge in [-0.1, -0.05) is 30.3 Å². The number of carbonyl (C=O) groups is 3. The minimum absolute atomic E-state index is 0.0605. The van der Waals surface area contributed by atoms with Crippen molar-refractivity contribution in [2.45, 2.75) is 13.0 Å². The van der Waals surface area contributed by atoms with Gasteiger partial charge in [0.25, 0.3) is 5.91 Å². The summed E-state index contributed by atoms with van der Waals surface area (Å²) in [6, 6.07) is 12.9. The molecule has 7 heteroatoms. The molecule has 1 aliphatic heterocycles. The Labute approximate surface area is 139 Å². The van der Waals surface area contributed by atoms with Crippen LogP contribution in [-0.4, -0.2) is 34.2 Å². The van der Waals surface area contributed by atoms with E-state index in [0.29, 0.717) is 18.8 Å². The first kappa shape index (κ1) is 15.8. The van der Waals surface area contributed by atoms with Gasteiger partial charge in [-0.15, -0.1) is 0 Å². The van der Waals surface area contributed by atoms with Crippen LogP contribution in [0.2, 0.25) is 0 Å². The molecule has 2 aromatic rings. The number of nitrogens with one attached hydrogen (secondary N) is 3. The van der Waals surface area contributed by atoms with Gasteiger partial charge in [-0.3, -0.25) is 25.2 Å². The van der Waals surface area contributed by atoms with E-state index in [0.717, 1.165) is 5.56 Å². The second-order valence-electron chi connectivity index (χ2n) is 5.69. The summed E-state index contributed by atoms with van der Waals surface area (Å²) < 4.78 is 0. The molecule has 7 nitrogen and oxygen atoms in total. The largest absolute Gasteiger partial charge is 0.357 e. The third-order valence-corrected chi connectivity index (χ3v) is 3.94. The molecule has 24 heavy (non-hydrogen) atoms. The van der Waals surface area contributed by atoms with Crippen molar-refractivity contribution in [1.82, 2.24) is 20.7 Å². The number of hydrogen-bond acceptors (Lipinski definition) is 3. The fraction of sp³-hybridized carbons (Fsp3) is 0.235. The molecule has 124 valence electrons. The van der Waals surface area contributed by atoms with Gasteiger partial charge in [-0.25, -0.2) is 0 Å². The van der Waals surface area contributed by atoms with Crippen LogP contribution >= 0.6 is 0 Å². The third-order valence-electron chi connectivity index (χ3n) is 3.94. The molecule has 0 aliphatic carbocycles. The summed E-state index contributed by atoms with van der Waals surface area (Å²) >= 11 is 0. The highest BCUT2D eigenvalue weighted by atomic mass is 16.2. The zero-order valence-electron chi connectivity index (χ0n) is 13.0. The number of carbonyl (C=O) groups excluding carboxylic acids is 3. The Morgan fingerprint density at radius 1 is 1.12 bits per heavy atom. The molecule has 0 bridgehead atoms. The van der Waals surface area contributed by atoms with Gasteiger partial charge in [0.15, 0.2) is 0 Å². The number of likely N-dealkylation sites (tertiary alicyclic amines) is 1. The van der Waals surface area contributed by atoms with Crippen LogP contribution in [0.25, 0.3) is 0 Å². The SMILES string of the molecule is O=C(NNC(=O)C1CC(=O)N(Cc2ccccc2)C1)c1ccc[nH]1. The number of H-pyrrole nitrogens is 1. The molecule has 1 aliphatic rings. The van der Waals surface area contributed by atoms with Crippen molar-refractivity contribution in [3.63, 3.8) is 0 Å². The van der Waals surface area contributed by atoms with E-state index in [1.54, 1.807) is 23.2 Å². The second-order valence-corrected chi connectivity index (χ2v) is 5.69. The van der Waals surface area contributed by atoms with Crippen molar-refractivity contribution in [3.05, 3.63) is 59.9 Å². The Bertz CT molecular complexity index is 728. The van der Waals surface area contributed by atoms with Crippen LogP contribution in [0.4, 0.5) is 0 Å². The van der Waals surface area contributed by atoms with Crippen molar-refractivity contribution in [3.8, 4) is 0 Å². The van der Waals surface area contributed by atoms with Gasteiger partial charge in [0.05, 0.1) is 5.92 Å². The topological polar surface area (TPSA) is 94.3 Å². The van der Waals surface area contributed by atoms with Crippen molar-refractivity contribution in [2.75, 3.05) is 6.54 Å². The smallest absolute Gasteiger partial charge is 0.286 e. The van der Waals surface area contributed by atoms with E-state index in [4.69, 9.17) is 0 Å². The number of rotatable bonds is 4. The van der Waals surface area contributed by atoms with Crippen molar-refractivity contribution >= 4 is 17.7 Å². The molecule has 0 spiro atoms. The Balaban J connectivity index is 1.51. The highest BCUT2D eigenvalue weighted by Gasteiger charge is 2.34. The lowest BCUT2D eigenvalue weighted by Gasteiger charge is -2.16. The maximum atomic E-state index is 12.1. The minimum Gasteiger partial charge on any atom is -0.357 e.